The molecular weight excluding hydrogens is 343 g/mol. The summed E-state index contributed by atoms with van der Waals surface area (Å²) in [6.07, 6.45) is 0. The minimum absolute atomic E-state index is 0.0771. The van der Waals surface area contributed by atoms with Crippen LogP contribution in [0.25, 0.3) is 0 Å². The lowest BCUT2D eigenvalue weighted by atomic mass is 9.86. The standard InChI is InChI=1S/C19H22ClFN2O2/c1-19(2,3)14-6-4-5-7-16(14)23-18(24)22-10-11-25-17-9-8-13(21)12-15(17)20/h4-9,12H,10-11H2,1-3H3,(H2,22,23,24). The minimum atomic E-state index is -0.424. The van der Waals surface area contributed by atoms with Gasteiger partial charge in [-0.1, -0.05) is 50.6 Å². The Morgan fingerprint density at radius 1 is 1.20 bits per heavy atom. The van der Waals surface area contributed by atoms with Gasteiger partial charge in [0.1, 0.15) is 18.2 Å². The van der Waals surface area contributed by atoms with Crippen LogP contribution in [-0.4, -0.2) is 19.2 Å². The molecule has 0 saturated heterocycles. The zero-order valence-electron chi connectivity index (χ0n) is 14.5. The molecule has 6 heteroatoms. The second kappa shape index (κ2) is 8.21. The fourth-order valence-corrected chi connectivity index (χ4v) is 2.55. The van der Waals surface area contributed by atoms with Gasteiger partial charge in [-0.3, -0.25) is 0 Å². The molecule has 0 saturated carbocycles. The Morgan fingerprint density at radius 3 is 2.60 bits per heavy atom. The highest BCUT2D eigenvalue weighted by atomic mass is 35.5. The van der Waals surface area contributed by atoms with Crippen molar-refractivity contribution in [3.63, 3.8) is 0 Å². The van der Waals surface area contributed by atoms with Gasteiger partial charge in [0.15, 0.2) is 0 Å². The van der Waals surface area contributed by atoms with E-state index >= 15 is 0 Å². The molecule has 0 aliphatic carbocycles. The molecule has 0 spiro atoms. The molecule has 2 aromatic rings. The molecule has 0 heterocycles. The number of nitrogens with one attached hydrogen (secondary N) is 2. The quantitative estimate of drug-likeness (QED) is 0.735. The molecule has 2 aromatic carbocycles. The van der Waals surface area contributed by atoms with Crippen LogP contribution in [-0.2, 0) is 5.41 Å². The average molecular weight is 365 g/mol. The third-order valence-electron chi connectivity index (χ3n) is 3.52. The smallest absolute Gasteiger partial charge is 0.319 e. The number of hydrogen-bond acceptors (Lipinski definition) is 2. The molecule has 0 fully saturated rings. The summed E-state index contributed by atoms with van der Waals surface area (Å²) in [5.41, 5.74) is 1.75. The summed E-state index contributed by atoms with van der Waals surface area (Å²) in [5, 5.41) is 5.77. The first-order valence-electron chi connectivity index (χ1n) is 7.99. The number of urea groups is 1. The molecule has 4 nitrogen and oxygen atoms in total. The summed E-state index contributed by atoms with van der Waals surface area (Å²) in [7, 11) is 0. The van der Waals surface area contributed by atoms with Gasteiger partial charge in [0.2, 0.25) is 0 Å². The van der Waals surface area contributed by atoms with Crippen LogP contribution in [0.5, 0.6) is 5.75 Å². The number of halogens is 2. The van der Waals surface area contributed by atoms with Gasteiger partial charge in [0.05, 0.1) is 11.6 Å². The maximum Gasteiger partial charge on any atom is 0.319 e. The molecule has 0 aromatic heterocycles. The number of ether oxygens (including phenoxy) is 1. The fraction of sp³-hybridized carbons (Fsp3) is 0.316. The zero-order chi connectivity index (χ0) is 18.4. The minimum Gasteiger partial charge on any atom is -0.490 e. The normalized spacial score (nSPS) is 11.1. The van der Waals surface area contributed by atoms with Gasteiger partial charge in [-0.15, -0.1) is 0 Å². The SMILES string of the molecule is CC(C)(C)c1ccccc1NC(=O)NCCOc1ccc(F)cc1Cl. The topological polar surface area (TPSA) is 50.4 Å². The van der Waals surface area contributed by atoms with E-state index in [4.69, 9.17) is 16.3 Å². The molecule has 0 bridgehead atoms. The first-order valence-corrected chi connectivity index (χ1v) is 8.37. The van der Waals surface area contributed by atoms with Gasteiger partial charge in [-0.2, -0.15) is 0 Å². The van der Waals surface area contributed by atoms with Crippen molar-refractivity contribution in [2.24, 2.45) is 0 Å². The van der Waals surface area contributed by atoms with Crippen LogP contribution in [0, 0.1) is 5.82 Å². The Hall–Kier alpha value is -2.27. The van der Waals surface area contributed by atoms with E-state index < -0.39 is 5.82 Å². The maximum atomic E-state index is 13.0. The van der Waals surface area contributed by atoms with Crippen molar-refractivity contribution in [2.75, 3.05) is 18.5 Å². The van der Waals surface area contributed by atoms with Crippen molar-refractivity contribution in [3.05, 3.63) is 58.9 Å². The molecule has 0 atom stereocenters. The van der Waals surface area contributed by atoms with Gasteiger partial charge in [0.25, 0.3) is 0 Å². The molecule has 0 radical (unpaired) electrons. The van der Waals surface area contributed by atoms with E-state index in [1.54, 1.807) is 0 Å². The number of amides is 2. The summed E-state index contributed by atoms with van der Waals surface area (Å²) in [6.45, 7) is 6.78. The number of carbonyl (C=O) groups is 1. The monoisotopic (exact) mass is 364 g/mol. The Morgan fingerprint density at radius 2 is 1.92 bits per heavy atom. The second-order valence-electron chi connectivity index (χ2n) is 6.60. The average Bonchev–Trinajstić information content (AvgIpc) is 2.52. The predicted octanol–water partition coefficient (Wildman–Crippen LogP) is 4.98. The van der Waals surface area contributed by atoms with Crippen molar-refractivity contribution in [1.82, 2.24) is 5.32 Å². The van der Waals surface area contributed by atoms with Crippen molar-refractivity contribution >= 4 is 23.3 Å². The number of hydrogen-bond donors (Lipinski definition) is 2. The lowest BCUT2D eigenvalue weighted by Crippen LogP contribution is -2.33. The maximum absolute atomic E-state index is 13.0. The number of benzene rings is 2. The van der Waals surface area contributed by atoms with E-state index in [2.05, 4.69) is 31.4 Å². The van der Waals surface area contributed by atoms with Crippen LogP contribution in [0.4, 0.5) is 14.9 Å². The van der Waals surface area contributed by atoms with Gasteiger partial charge in [-0.25, -0.2) is 9.18 Å². The predicted molar refractivity (Wildman–Crippen MR) is 99.1 cm³/mol. The number of para-hydroxylation sites is 1. The summed E-state index contributed by atoms with van der Waals surface area (Å²) < 4.78 is 18.4. The lowest BCUT2D eigenvalue weighted by molar-refractivity contribution is 0.247. The van der Waals surface area contributed by atoms with Crippen molar-refractivity contribution in [2.45, 2.75) is 26.2 Å². The second-order valence-corrected chi connectivity index (χ2v) is 7.01. The Labute approximate surface area is 152 Å². The molecule has 0 unspecified atom stereocenters. The first-order chi connectivity index (χ1) is 11.8. The fourth-order valence-electron chi connectivity index (χ4n) is 2.33. The van der Waals surface area contributed by atoms with E-state index in [0.29, 0.717) is 5.75 Å². The highest BCUT2D eigenvalue weighted by Crippen LogP contribution is 2.29. The largest absolute Gasteiger partial charge is 0.490 e. The van der Waals surface area contributed by atoms with Crippen LogP contribution in [0.15, 0.2) is 42.5 Å². The summed E-state index contributed by atoms with van der Waals surface area (Å²) in [6, 6.07) is 11.3. The molecule has 134 valence electrons. The molecule has 0 aliphatic heterocycles. The highest BCUT2D eigenvalue weighted by molar-refractivity contribution is 6.32. The molecule has 2 amide bonds. The van der Waals surface area contributed by atoms with Gasteiger partial charge in [0, 0.05) is 5.69 Å². The Kier molecular flexibility index (Phi) is 6.26. The van der Waals surface area contributed by atoms with Crippen LogP contribution >= 0.6 is 11.6 Å². The van der Waals surface area contributed by atoms with E-state index in [1.165, 1.54) is 18.2 Å². The summed E-state index contributed by atoms with van der Waals surface area (Å²) in [5.74, 6) is -0.0456. The van der Waals surface area contributed by atoms with E-state index in [0.717, 1.165) is 11.3 Å². The first kappa shape index (κ1) is 19.1. The van der Waals surface area contributed by atoms with Crippen LogP contribution in [0.2, 0.25) is 5.02 Å². The zero-order valence-corrected chi connectivity index (χ0v) is 15.3. The van der Waals surface area contributed by atoms with Crippen molar-refractivity contribution in [1.29, 1.82) is 0 Å². The van der Waals surface area contributed by atoms with Crippen LogP contribution < -0.4 is 15.4 Å². The molecule has 25 heavy (non-hydrogen) atoms. The van der Waals surface area contributed by atoms with E-state index in [9.17, 15) is 9.18 Å². The molecule has 0 aliphatic rings. The summed E-state index contributed by atoms with van der Waals surface area (Å²) >= 11 is 5.87. The number of carbonyl (C=O) groups excluding carboxylic acids is 1. The Balaban J connectivity index is 1.84. The molecular formula is C19H22ClFN2O2. The molecule has 2 rings (SSSR count). The third kappa shape index (κ3) is 5.64. The number of anilines is 1. The summed E-state index contributed by atoms with van der Waals surface area (Å²) in [4.78, 5) is 12.1. The Bertz CT molecular complexity index is 744. The van der Waals surface area contributed by atoms with Gasteiger partial charge < -0.3 is 15.4 Å². The van der Waals surface area contributed by atoms with Crippen molar-refractivity contribution in [3.8, 4) is 5.75 Å². The van der Waals surface area contributed by atoms with E-state index in [1.807, 2.05) is 24.3 Å². The highest BCUT2D eigenvalue weighted by Gasteiger charge is 2.18. The number of rotatable bonds is 5. The van der Waals surface area contributed by atoms with Gasteiger partial charge >= 0.3 is 6.03 Å². The third-order valence-corrected chi connectivity index (χ3v) is 3.82. The molecule has 2 N–H and O–H groups in total. The lowest BCUT2D eigenvalue weighted by Gasteiger charge is -2.23. The van der Waals surface area contributed by atoms with Crippen LogP contribution in [0.3, 0.4) is 0 Å². The van der Waals surface area contributed by atoms with Crippen LogP contribution in [0.1, 0.15) is 26.3 Å². The van der Waals surface area contributed by atoms with Gasteiger partial charge in [-0.05, 0) is 35.2 Å². The van der Waals surface area contributed by atoms with E-state index in [-0.39, 0.29) is 29.6 Å². The van der Waals surface area contributed by atoms with Crippen molar-refractivity contribution < 1.29 is 13.9 Å².